The first-order valence-corrected chi connectivity index (χ1v) is 40.5. The fourth-order valence-corrected chi connectivity index (χ4v) is 17.7. The maximum Gasteiger partial charge on any atom is 0.336 e. The molecule has 6 aromatic carbocycles. The number of imidazole rings is 2. The number of carboxylic acids is 2. The van der Waals surface area contributed by atoms with E-state index in [1.54, 1.807) is 54.8 Å². The zero-order valence-corrected chi connectivity index (χ0v) is 68.3. The molecular formula is C87H72N14O16S4. The molecule has 6 aliphatic rings. The summed E-state index contributed by atoms with van der Waals surface area (Å²) in [5.41, 5.74) is 20.4. The minimum Gasteiger partial charge on any atom is -0.508 e. The maximum atomic E-state index is 12.9. The number of hydrogen-bond donors (Lipinski definition) is 8. The van der Waals surface area contributed by atoms with E-state index in [-0.39, 0.29) is 82.3 Å². The van der Waals surface area contributed by atoms with Crippen molar-refractivity contribution in [3.63, 3.8) is 0 Å². The molecule has 12 aromatic rings. The van der Waals surface area contributed by atoms with Crippen LogP contribution in [0.4, 0.5) is 23.0 Å². The van der Waals surface area contributed by atoms with Crippen molar-refractivity contribution < 1.29 is 66.6 Å². The number of furan rings is 2. The van der Waals surface area contributed by atoms with Crippen molar-refractivity contribution >= 4 is 137 Å². The summed E-state index contributed by atoms with van der Waals surface area (Å²) in [6, 6.07) is 43.0. The van der Waals surface area contributed by atoms with Gasteiger partial charge in [-0.3, -0.25) is 9.59 Å². The molecule has 0 atom stereocenters. The Kier molecular flexibility index (Phi) is 21.6. The molecule has 30 nitrogen and oxygen atoms in total. The van der Waals surface area contributed by atoms with Gasteiger partial charge in [0.1, 0.15) is 64.1 Å². The standard InChI is InChI=1S/C44H37N7O8S2.C43H35N7O8S2/c1-22(2)50(43(60)48-24-6-9-27(30(15-24)42(54)55)38-28-10-7-25(52)16-33(28)59-34-17-26(53)8-11-29(34)38)13-4-14-51-41-39(40(45)46-20-47-41)49-44(51)61-37-19-36-35(56-21-57-36)18-31(37)32-12-5-23(3)58-32;1-22(2)49(42(59)47-23-6-9-26(29(15-23)41(53)54)37-27-10-7-24(51)16-32(27)58-33-17-25(52)8-11-28(33)37)12-4-13-50-40-38(39(44)45-20-46-40)48-43(50)60-36-19-35-34(56-21-57-35)18-30(36)31-5-3-14-55-31/h5-12,15-20,22,52H,4,13-14,21H2,1-3H3,(H,48,60)(H,54,55)(H2,45,46,47);3,5-11,14-20,22,51H,4,12-13,21H2,1-2H3,(H,47,59)(H,53,54)(H2,44,45,46). The predicted molar refractivity (Wildman–Crippen MR) is 465 cm³/mol. The Morgan fingerprint density at radius 1 is 0.512 bits per heavy atom. The van der Waals surface area contributed by atoms with Crippen LogP contribution in [0.3, 0.4) is 0 Å². The van der Waals surface area contributed by atoms with E-state index < -0.39 is 11.9 Å². The van der Waals surface area contributed by atoms with Gasteiger partial charge in [-0.25, -0.2) is 39.5 Å². The van der Waals surface area contributed by atoms with E-state index in [0.717, 1.165) is 26.7 Å². The summed E-state index contributed by atoms with van der Waals surface area (Å²) in [5, 5.41) is 51.2. The van der Waals surface area contributed by atoms with Gasteiger partial charge < -0.3 is 98.1 Å². The predicted octanol–water partition coefficient (Wildman–Crippen LogP) is 17.0. The maximum absolute atomic E-state index is 12.9. The lowest BCUT2D eigenvalue weighted by molar-refractivity contribution is 0.0687. The Labute approximate surface area is 706 Å². The molecule has 6 aromatic heterocycles. The zero-order chi connectivity index (χ0) is 84.2. The van der Waals surface area contributed by atoms with Gasteiger partial charge in [0.15, 0.2) is 88.4 Å². The second-order valence-corrected chi connectivity index (χ2v) is 31.6. The average Bonchev–Trinajstić information content (AvgIpc) is 1.71. The minimum absolute atomic E-state index is 0.00270. The molecule has 0 saturated heterocycles. The van der Waals surface area contributed by atoms with Crippen LogP contribution in [0, 0.1) is 6.92 Å². The summed E-state index contributed by atoms with van der Waals surface area (Å²) in [7, 11) is 0. The number of anilines is 4. The van der Waals surface area contributed by atoms with Gasteiger partial charge in [-0.15, -0.1) is 0 Å². The Morgan fingerprint density at radius 3 is 1.38 bits per heavy atom. The second kappa shape index (κ2) is 32.9. The highest BCUT2D eigenvalue weighted by molar-refractivity contribution is 7.99. The molecule has 0 bridgehead atoms. The Bertz CT molecular complexity index is 6880. The minimum atomic E-state index is -1.16. The van der Waals surface area contributed by atoms with Gasteiger partial charge in [0.25, 0.3) is 0 Å². The number of carboxylic acid groups (broad SMARTS) is 2. The number of aromatic hydroxyl groups is 2. The van der Waals surface area contributed by atoms with E-state index in [0.29, 0.717) is 183 Å². The number of phenols is 2. The van der Waals surface area contributed by atoms with E-state index in [2.05, 4.69) is 30.6 Å². The first kappa shape index (κ1) is 79.3. The largest absolute Gasteiger partial charge is 0.508 e. The van der Waals surface area contributed by atoms with Crippen molar-refractivity contribution in [1.82, 2.24) is 48.8 Å². The second-order valence-electron chi connectivity index (χ2n) is 28.9. The lowest BCUT2D eigenvalue weighted by Gasteiger charge is -2.30. The van der Waals surface area contributed by atoms with E-state index >= 15 is 0 Å². The molecule has 34 heteroatoms. The highest BCUT2D eigenvalue weighted by Crippen LogP contribution is 2.50. The Balaban J connectivity index is 0.000000172. The molecule has 610 valence electrons. The average molecular weight is 1700 g/mol. The van der Waals surface area contributed by atoms with Crippen LogP contribution in [0.25, 0.3) is 112 Å². The molecule has 121 heavy (non-hydrogen) atoms. The first-order chi connectivity index (χ1) is 58.4. The van der Waals surface area contributed by atoms with Crippen molar-refractivity contribution in [3.8, 4) is 102 Å². The number of phenolic OH excluding ortho intramolecular Hbond substituents is 2. The fraction of sp³-hybridized carbons (Fsp3) is 0.172. The molecule has 2 aliphatic carbocycles. The molecule has 0 saturated carbocycles. The molecule has 10 heterocycles. The van der Waals surface area contributed by atoms with Crippen molar-refractivity contribution in [2.75, 3.05) is 48.8 Å². The SMILES string of the molecule is CC(C)N(CCCn1c(Sc2cc3c(cc2-c2ccco2)OCO3)nc2c(N)ncnc21)C(=S)Nc1ccc(-c2c3ccc(=O)cc-3oc3cc(O)ccc23)c(C(=O)O)c1.Cc1ccc(-c2cc3c(cc2Sc2nc4c(N)ncnc4n2CCCN(C(=S)Nc2ccc(-c4c5ccc(=O)cc-5oc5cc(O)ccc45)c(C(=O)O)c2)C(C)C)OCO3)o1. The summed E-state index contributed by atoms with van der Waals surface area (Å²) in [6.45, 7) is 12.3. The van der Waals surface area contributed by atoms with Crippen LogP contribution < -0.4 is 51.9 Å². The third kappa shape index (κ3) is 15.9. The summed E-state index contributed by atoms with van der Waals surface area (Å²) >= 11 is 14.7. The van der Waals surface area contributed by atoms with Crippen LogP contribution in [-0.2, 0) is 13.1 Å². The topological polar surface area (TPSA) is 408 Å². The smallest absolute Gasteiger partial charge is 0.336 e. The third-order valence-electron chi connectivity index (χ3n) is 20.4. The number of aryl methyl sites for hydroxylation is 3. The molecule has 10 N–H and O–H groups in total. The number of benzene rings is 8. The van der Waals surface area contributed by atoms with E-state index in [4.69, 9.17) is 82.5 Å². The number of nitrogen functional groups attached to an aromatic ring is 2. The molecule has 0 spiro atoms. The number of aromatic nitrogens is 8. The number of aromatic carboxylic acids is 2. The monoisotopic (exact) mass is 1700 g/mol. The molecule has 0 fully saturated rings. The van der Waals surface area contributed by atoms with Gasteiger partial charge in [0, 0.05) is 128 Å². The molecule has 0 unspecified atom stereocenters. The number of nitrogens with two attached hydrogens (primary N) is 2. The molecule has 18 rings (SSSR count). The first-order valence-electron chi connectivity index (χ1n) is 38.0. The van der Waals surface area contributed by atoms with Crippen LogP contribution in [-0.4, -0.2) is 130 Å². The van der Waals surface area contributed by atoms with Crippen LogP contribution in [0.5, 0.6) is 34.5 Å². The number of ether oxygens (including phenoxy) is 4. The van der Waals surface area contributed by atoms with Crippen LogP contribution >= 0.6 is 48.0 Å². The summed E-state index contributed by atoms with van der Waals surface area (Å²) in [5.74, 6) is 3.26. The number of rotatable bonds is 22. The van der Waals surface area contributed by atoms with E-state index in [9.17, 15) is 39.6 Å². The van der Waals surface area contributed by atoms with E-state index in [1.807, 2.05) is 102 Å². The number of nitrogens with zero attached hydrogens (tertiary/aromatic N) is 10. The molecule has 4 aliphatic heterocycles. The molecular weight excluding hydrogens is 1630 g/mol. The lowest BCUT2D eigenvalue weighted by Crippen LogP contribution is -2.40. The van der Waals surface area contributed by atoms with Crippen molar-refractivity contribution in [3.05, 3.63) is 214 Å². The number of carbonyl (C=O) groups is 2. The summed E-state index contributed by atoms with van der Waals surface area (Å²) in [4.78, 5) is 83.3. The number of fused-ring (bicyclic) bond motifs is 8. The van der Waals surface area contributed by atoms with Gasteiger partial charge in [0.2, 0.25) is 13.6 Å². The molecule has 0 amide bonds. The van der Waals surface area contributed by atoms with Crippen molar-refractivity contribution in [2.24, 2.45) is 0 Å². The van der Waals surface area contributed by atoms with Gasteiger partial charge in [-0.05, 0) is 204 Å². The highest BCUT2D eigenvalue weighted by atomic mass is 32.2. The van der Waals surface area contributed by atoms with Crippen LogP contribution in [0.2, 0.25) is 0 Å². The quantitative estimate of drug-likeness (QED) is 0.0231. The van der Waals surface area contributed by atoms with Crippen LogP contribution in [0.15, 0.2) is 224 Å². The zero-order valence-electron chi connectivity index (χ0n) is 65.0. The van der Waals surface area contributed by atoms with Crippen LogP contribution in [0.1, 0.15) is 67.0 Å². The third-order valence-corrected chi connectivity index (χ3v) is 23.2. The van der Waals surface area contributed by atoms with Crippen molar-refractivity contribution in [1.29, 1.82) is 0 Å². The van der Waals surface area contributed by atoms with E-state index in [1.165, 1.54) is 96.8 Å². The summed E-state index contributed by atoms with van der Waals surface area (Å²) < 4.78 is 50.6. The number of nitrogens with one attached hydrogen (secondary N) is 2. The van der Waals surface area contributed by atoms with Gasteiger partial charge in [-0.2, -0.15) is 0 Å². The summed E-state index contributed by atoms with van der Waals surface area (Å²) in [6.07, 6.45) is 5.69. The highest BCUT2D eigenvalue weighted by Gasteiger charge is 2.31. The lowest BCUT2D eigenvalue weighted by atomic mass is 9.90. The normalized spacial score (nSPS) is 12.2. The Morgan fingerprint density at radius 2 is 0.959 bits per heavy atom. The number of hydrogen-bond acceptors (Lipinski definition) is 26. The molecule has 0 radical (unpaired) electrons. The Hall–Kier alpha value is -14.2. The fourth-order valence-electron chi connectivity index (χ4n) is 14.7. The number of thiocarbonyl (C=S) groups is 2. The van der Waals surface area contributed by atoms with Crippen molar-refractivity contribution in [2.45, 2.75) is 92.7 Å². The van der Waals surface area contributed by atoms with Gasteiger partial charge in [0.05, 0.1) is 17.4 Å². The van der Waals surface area contributed by atoms with Gasteiger partial charge >= 0.3 is 11.9 Å². The van der Waals surface area contributed by atoms with Gasteiger partial charge in [-0.1, -0.05) is 35.7 Å².